The highest BCUT2D eigenvalue weighted by Gasteiger charge is 2.46. The van der Waals surface area contributed by atoms with Crippen LogP contribution in [-0.2, 0) is 108 Å². The number of carbonyl (C=O) groups is 5. The van der Waals surface area contributed by atoms with Crippen LogP contribution in [0.25, 0.3) is 32.5 Å². The van der Waals surface area contributed by atoms with E-state index < -0.39 is 62.3 Å². The number of esters is 1. The van der Waals surface area contributed by atoms with Gasteiger partial charge in [-0.25, -0.2) is 27.6 Å². The van der Waals surface area contributed by atoms with E-state index in [4.69, 9.17) is 52.4 Å². The van der Waals surface area contributed by atoms with E-state index in [9.17, 15) is 46.7 Å². The molecule has 9 rings (SSSR count). The van der Waals surface area contributed by atoms with Gasteiger partial charge in [0.15, 0.2) is 11.4 Å². The van der Waals surface area contributed by atoms with Crippen molar-refractivity contribution in [1.82, 2.24) is 30.5 Å². The molecule has 1 aliphatic carbocycles. The molecule has 0 unspecified atom stereocenters. The number of thiazole rings is 1. The number of pyridine rings is 2. The van der Waals surface area contributed by atoms with Crippen molar-refractivity contribution in [3.63, 3.8) is 0 Å². The maximum absolute atomic E-state index is 14.7. The van der Waals surface area contributed by atoms with Gasteiger partial charge in [-0.05, 0) is 67.5 Å². The molecule has 1 fully saturated rings. The molecule has 0 saturated heterocycles. The Kier molecular flexibility index (Phi) is 23.8. The third-order valence-electron chi connectivity index (χ3n) is 15.5. The zero-order valence-corrected chi connectivity index (χ0v) is 52.5. The van der Waals surface area contributed by atoms with Gasteiger partial charge < -0.3 is 78.3 Å². The van der Waals surface area contributed by atoms with Gasteiger partial charge >= 0.3 is 5.97 Å². The molecule has 4 amide bonds. The van der Waals surface area contributed by atoms with E-state index in [-0.39, 0.29) is 116 Å². The fourth-order valence-electron chi connectivity index (χ4n) is 10.5. The Balaban J connectivity index is 0.547. The number of carbonyl (C=O) groups excluding carboxylic acids is 5. The Labute approximate surface area is 523 Å². The number of halogens is 1. The van der Waals surface area contributed by atoms with Crippen LogP contribution in [0.1, 0.15) is 81.2 Å². The summed E-state index contributed by atoms with van der Waals surface area (Å²) in [6.07, 6.45) is 1.54. The predicted octanol–water partition coefficient (Wildman–Crippen LogP) is 3.17. The van der Waals surface area contributed by atoms with Gasteiger partial charge in [-0.15, -0.1) is 11.3 Å². The summed E-state index contributed by atoms with van der Waals surface area (Å²) in [5.74, 6) is -3.17. The van der Waals surface area contributed by atoms with Crippen LogP contribution in [0.3, 0.4) is 0 Å². The van der Waals surface area contributed by atoms with E-state index in [1.807, 2.05) is 0 Å². The van der Waals surface area contributed by atoms with Gasteiger partial charge in [0.25, 0.3) is 5.56 Å². The molecule has 6 heterocycles. The van der Waals surface area contributed by atoms with Crippen LogP contribution in [0.15, 0.2) is 39.5 Å². The quantitative estimate of drug-likeness (QED) is 0.0275. The standard InChI is InChI=1S/C61H78FN7O19S2/c1-5-61(76)43-32-48-54-41(34-69(48)58(74)42(43)35-88-59(61)75)40-10-14-87-55-46(9-8-45(65-54)52(40)55)66-56(72)37(4)64-57(73)53(36(2)3)68-50(70)11-13-79-16-18-81-20-22-83-24-26-85-28-29-86-27-25-84-23-21-82-19-17-80-15-12-63-51(71)31-38-30-49-47(33-44(38)62)67-60(89-49)90(77,78)39-6-7-39/h8-9,30,32-33,36-37,39,53,76H,5-7,10-29,31,34-35H2,1-4H3,(H,63,71)(H,64,73)(H,66,72)(H,68,70)/t37-,53-,61-/m0/s1. The Morgan fingerprint density at radius 1 is 0.756 bits per heavy atom. The SMILES string of the molecule is CC[C@@]1(O)C(=O)OCc2c1cc1n(c2=O)Cc2c-1nc1ccc(NC(=O)[C@H](C)NC(=O)[C@@H](NC(=O)CCOCCOCCOCCOCCOCCOCCOCCOCCNC(=O)Cc3cc4sc(S(=O)(=O)C5CC5)nc4cc3F)C(C)C)c3c1c2CCO3. The van der Waals surface area contributed by atoms with Gasteiger partial charge in [-0.3, -0.25) is 24.0 Å². The second kappa shape index (κ2) is 31.6. The van der Waals surface area contributed by atoms with E-state index >= 15 is 0 Å². The van der Waals surface area contributed by atoms with Crippen molar-refractivity contribution in [2.75, 3.05) is 124 Å². The average Bonchev–Trinajstić information content (AvgIpc) is 1.66. The number of rotatable bonds is 38. The van der Waals surface area contributed by atoms with Crippen LogP contribution in [0.5, 0.6) is 5.75 Å². The average molecular weight is 1300 g/mol. The smallest absolute Gasteiger partial charge is 0.343 e. The fraction of sp³-hybridized carbons (Fsp3) is 0.574. The summed E-state index contributed by atoms with van der Waals surface area (Å²) in [5, 5.41) is 22.6. The number of anilines is 1. The van der Waals surface area contributed by atoms with E-state index in [0.29, 0.717) is 137 Å². The van der Waals surface area contributed by atoms with E-state index in [0.717, 1.165) is 22.5 Å². The fourth-order valence-corrected chi connectivity index (χ4v) is 13.6. The van der Waals surface area contributed by atoms with Crippen LogP contribution >= 0.6 is 11.3 Å². The molecule has 5 aromatic rings. The van der Waals surface area contributed by atoms with Crippen molar-refractivity contribution >= 4 is 77.6 Å². The Morgan fingerprint density at radius 2 is 1.37 bits per heavy atom. The summed E-state index contributed by atoms with van der Waals surface area (Å²) in [4.78, 5) is 87.9. The first kappa shape index (κ1) is 67.7. The van der Waals surface area contributed by atoms with Gasteiger partial charge in [0.1, 0.15) is 24.5 Å². The van der Waals surface area contributed by atoms with E-state index in [1.54, 1.807) is 43.5 Å². The summed E-state index contributed by atoms with van der Waals surface area (Å²) in [7, 11) is -3.49. The molecule has 29 heteroatoms. The molecule has 0 bridgehead atoms. The minimum absolute atomic E-state index is 0.00369. The third-order valence-corrected chi connectivity index (χ3v) is 19.2. The third kappa shape index (κ3) is 16.7. The Hall–Kier alpha value is -6.64. The number of hydrogen-bond acceptors (Lipinski definition) is 22. The molecule has 490 valence electrons. The molecule has 3 aliphatic heterocycles. The number of ether oxygens (including phenoxy) is 10. The van der Waals surface area contributed by atoms with Crippen molar-refractivity contribution in [2.24, 2.45) is 5.92 Å². The van der Waals surface area contributed by atoms with Crippen LogP contribution < -0.4 is 31.6 Å². The lowest BCUT2D eigenvalue weighted by Crippen LogP contribution is -2.53. The molecule has 0 radical (unpaired) electrons. The summed E-state index contributed by atoms with van der Waals surface area (Å²) in [5.41, 5.74) is 2.24. The van der Waals surface area contributed by atoms with E-state index in [1.165, 1.54) is 19.1 Å². The van der Waals surface area contributed by atoms with Gasteiger partial charge in [-0.1, -0.05) is 20.8 Å². The number of fused-ring (bicyclic) bond motifs is 6. The highest BCUT2D eigenvalue weighted by atomic mass is 32.2. The second-order valence-electron chi connectivity index (χ2n) is 22.3. The number of benzene rings is 2. The highest BCUT2D eigenvalue weighted by molar-refractivity contribution is 7.94. The van der Waals surface area contributed by atoms with Gasteiger partial charge in [0.05, 0.1) is 169 Å². The first-order chi connectivity index (χ1) is 43.4. The highest BCUT2D eigenvalue weighted by Crippen LogP contribution is 2.45. The molecular weight excluding hydrogens is 1220 g/mol. The minimum atomic E-state index is -3.49. The largest absolute Gasteiger partial charge is 0.490 e. The minimum Gasteiger partial charge on any atom is -0.490 e. The predicted molar refractivity (Wildman–Crippen MR) is 324 cm³/mol. The van der Waals surface area contributed by atoms with Crippen molar-refractivity contribution in [3.05, 3.63) is 74.3 Å². The normalized spacial score (nSPS) is 16.5. The van der Waals surface area contributed by atoms with Gasteiger partial charge in [-0.2, -0.15) is 0 Å². The molecule has 26 nitrogen and oxygen atoms in total. The van der Waals surface area contributed by atoms with Crippen LogP contribution in [-0.4, -0.2) is 194 Å². The zero-order valence-electron chi connectivity index (χ0n) is 50.9. The molecule has 1 saturated carbocycles. The molecule has 5 N–H and O–H groups in total. The number of hydrogen-bond donors (Lipinski definition) is 5. The number of nitrogens with zero attached hydrogens (tertiary/aromatic N) is 3. The summed E-state index contributed by atoms with van der Waals surface area (Å²) in [6, 6.07) is 5.78. The number of aliphatic hydroxyl groups is 1. The lowest BCUT2D eigenvalue weighted by Gasteiger charge is -2.31. The first-order valence-corrected chi connectivity index (χ1v) is 32.7. The lowest BCUT2D eigenvalue weighted by molar-refractivity contribution is -0.172. The number of nitrogens with one attached hydrogen (secondary N) is 4. The number of cyclic esters (lactones) is 1. The molecule has 4 aliphatic rings. The second-order valence-corrected chi connectivity index (χ2v) is 25.7. The maximum Gasteiger partial charge on any atom is 0.343 e. The zero-order chi connectivity index (χ0) is 64.0. The first-order valence-electron chi connectivity index (χ1n) is 30.3. The van der Waals surface area contributed by atoms with Crippen molar-refractivity contribution < 1.29 is 89.3 Å². The lowest BCUT2D eigenvalue weighted by atomic mass is 9.86. The Morgan fingerprint density at radius 3 is 1.97 bits per heavy atom. The van der Waals surface area contributed by atoms with Crippen molar-refractivity contribution in [3.8, 4) is 17.1 Å². The van der Waals surface area contributed by atoms with Gasteiger partial charge in [0.2, 0.25) is 37.8 Å². The van der Waals surface area contributed by atoms with E-state index in [2.05, 4.69) is 26.3 Å². The molecule has 3 aromatic heterocycles. The van der Waals surface area contributed by atoms with Crippen molar-refractivity contribution in [2.45, 2.75) is 107 Å². The van der Waals surface area contributed by atoms with Crippen molar-refractivity contribution in [1.29, 1.82) is 0 Å². The number of aromatic nitrogens is 3. The molecule has 90 heavy (non-hydrogen) atoms. The number of amides is 4. The molecule has 2 aromatic carbocycles. The summed E-state index contributed by atoms with van der Waals surface area (Å²) >= 11 is 0.995. The number of sulfone groups is 1. The topological polar surface area (TPSA) is 328 Å². The van der Waals surface area contributed by atoms with Crippen LogP contribution in [0.2, 0.25) is 0 Å². The maximum atomic E-state index is 14.7. The molecular formula is C61H78FN7O19S2. The summed E-state index contributed by atoms with van der Waals surface area (Å²) in [6.45, 7) is 12.5. The molecule has 3 atom stereocenters. The van der Waals surface area contributed by atoms with Crippen LogP contribution in [0, 0.1) is 11.7 Å². The van der Waals surface area contributed by atoms with Crippen LogP contribution in [0.4, 0.5) is 10.1 Å². The summed E-state index contributed by atoms with van der Waals surface area (Å²) < 4.78 is 97.3. The monoisotopic (exact) mass is 1300 g/mol. The van der Waals surface area contributed by atoms with Gasteiger partial charge in [0, 0.05) is 42.0 Å². The Bertz CT molecular complexity index is 3580. The molecule has 0 spiro atoms.